The Morgan fingerprint density at radius 3 is 1.36 bits per heavy atom. The Balaban J connectivity index is 1.36. The number of benzene rings is 1. The molecule has 0 saturated carbocycles. The molecule has 4 aliphatic heterocycles. The zero-order chi connectivity index (χ0) is 51.1. The maximum atomic E-state index is 11.4. The minimum Gasteiger partial charge on any atom is -0.394 e. The van der Waals surface area contributed by atoms with Gasteiger partial charge in [0.1, 0.15) is 79.4 Å². The summed E-state index contributed by atoms with van der Waals surface area (Å²) in [6.45, 7) is 2.83. The van der Waals surface area contributed by atoms with Gasteiger partial charge in [-0.2, -0.15) is 0 Å². The maximum absolute atomic E-state index is 11.4. The fourth-order valence-electron chi connectivity index (χ4n) is 10.1. The minimum absolute atomic E-state index is 0.168. The first-order valence-corrected chi connectivity index (χ1v) is 25.4. The Morgan fingerprint density at radius 2 is 0.900 bits per heavy atom. The standard InChI is InChI=1S/C49H84O21/c1-4-6-8-13-18-49(19-14-9-7-5-2,29-15-11-10-12-16-29)20-17-28(25-63-45-41(61)37(57)43(32(23-52)67-45)69-47-39(59)34(54)27(3)30(21-50)65-47)26-64-46-42(62)38(58)44(33(24-53)68-46)70-48-40(60)36(56)35(55)31(22-51)66-48/h10-12,15-16,27-28,30-48,50-62H,4-9,13-14,17-26H2,1-3H3/t27-,28?,30?,31?,32?,33?,34?,35-,36?,37?,38?,39+,40+,41+,42+,43-,44-,45+,46+,47-,48-/m1/s1. The molecule has 0 amide bonds. The summed E-state index contributed by atoms with van der Waals surface area (Å²) in [6, 6.07) is 10.3. The van der Waals surface area contributed by atoms with Crippen LogP contribution in [0.15, 0.2) is 30.3 Å². The first-order chi connectivity index (χ1) is 33.6. The van der Waals surface area contributed by atoms with E-state index in [4.69, 9.17) is 37.9 Å². The van der Waals surface area contributed by atoms with Crippen LogP contribution in [0.2, 0.25) is 0 Å². The topological polar surface area (TPSA) is 337 Å². The fraction of sp³-hybridized carbons (Fsp3) is 0.878. The van der Waals surface area contributed by atoms with Gasteiger partial charge < -0.3 is 104 Å². The predicted octanol–water partition coefficient (Wildman–Crippen LogP) is -1.18. The smallest absolute Gasteiger partial charge is 0.187 e. The van der Waals surface area contributed by atoms with Gasteiger partial charge in [0.15, 0.2) is 25.2 Å². The van der Waals surface area contributed by atoms with Crippen LogP contribution in [-0.4, -0.2) is 223 Å². The van der Waals surface area contributed by atoms with E-state index >= 15 is 0 Å². The summed E-state index contributed by atoms with van der Waals surface area (Å²) in [7, 11) is 0. The second-order valence-electron chi connectivity index (χ2n) is 19.7. The van der Waals surface area contributed by atoms with E-state index in [1.165, 1.54) is 5.56 Å². The van der Waals surface area contributed by atoms with Crippen molar-refractivity contribution in [1.29, 1.82) is 0 Å². The number of rotatable bonds is 28. The van der Waals surface area contributed by atoms with E-state index in [1.807, 2.05) is 18.2 Å². The molecule has 0 radical (unpaired) electrons. The summed E-state index contributed by atoms with van der Waals surface area (Å²) in [6.07, 6.45) is -18.3. The van der Waals surface area contributed by atoms with Crippen molar-refractivity contribution in [3.05, 3.63) is 35.9 Å². The largest absolute Gasteiger partial charge is 0.394 e. The Hall–Kier alpha value is -1.62. The van der Waals surface area contributed by atoms with Crippen molar-refractivity contribution >= 4 is 0 Å². The monoisotopic (exact) mass is 1010 g/mol. The molecule has 9 unspecified atom stereocenters. The quantitative estimate of drug-likeness (QED) is 0.0439. The van der Waals surface area contributed by atoms with Crippen molar-refractivity contribution < 1.29 is 104 Å². The van der Waals surface area contributed by atoms with Gasteiger partial charge in [-0.3, -0.25) is 0 Å². The Kier molecular flexibility index (Phi) is 24.5. The highest BCUT2D eigenvalue weighted by Crippen LogP contribution is 2.42. The molecule has 406 valence electrons. The second-order valence-corrected chi connectivity index (χ2v) is 19.7. The lowest BCUT2D eigenvalue weighted by molar-refractivity contribution is -0.361. The molecule has 1 aromatic carbocycles. The third kappa shape index (κ3) is 14.8. The van der Waals surface area contributed by atoms with Crippen LogP contribution in [0.4, 0.5) is 0 Å². The van der Waals surface area contributed by atoms with E-state index < -0.39 is 155 Å². The van der Waals surface area contributed by atoms with Crippen LogP contribution >= 0.6 is 0 Å². The van der Waals surface area contributed by atoms with Gasteiger partial charge in [-0.1, -0.05) is 102 Å². The SMILES string of the molecule is CCCCCCC(CCCCCC)(CCC(CO[C@H]1OC(CO)[C@@H](O[C@H]2OC(CO)[C@@H](C)C(O)[C@@H]2O)C(O)[C@@H]1O)CO[C@H]1OC(CO)[C@@H](O[C@H]2OC(CO)[C@@H](O)C(O)[C@@H]2O)C(O)[C@@H]1O)c1ccccc1. The van der Waals surface area contributed by atoms with Crippen LogP contribution in [0.1, 0.15) is 103 Å². The van der Waals surface area contributed by atoms with Gasteiger partial charge in [-0.05, 0) is 36.7 Å². The summed E-state index contributed by atoms with van der Waals surface area (Å²) in [5.41, 5.74) is 0.935. The van der Waals surface area contributed by atoms with Crippen molar-refractivity contribution in [2.75, 3.05) is 39.6 Å². The first kappa shape index (κ1) is 59.3. The van der Waals surface area contributed by atoms with E-state index in [0.717, 1.165) is 64.2 Å². The zero-order valence-electron chi connectivity index (χ0n) is 40.8. The van der Waals surface area contributed by atoms with Crippen molar-refractivity contribution in [2.45, 2.75) is 220 Å². The molecule has 4 aliphatic rings. The van der Waals surface area contributed by atoms with Crippen molar-refractivity contribution in [3.63, 3.8) is 0 Å². The number of unbranched alkanes of at least 4 members (excludes halogenated alkanes) is 6. The van der Waals surface area contributed by atoms with Gasteiger partial charge in [0, 0.05) is 11.8 Å². The van der Waals surface area contributed by atoms with E-state index in [2.05, 4.69) is 26.0 Å². The van der Waals surface area contributed by atoms with Gasteiger partial charge in [-0.25, -0.2) is 0 Å². The van der Waals surface area contributed by atoms with Gasteiger partial charge in [-0.15, -0.1) is 0 Å². The van der Waals surface area contributed by atoms with Crippen LogP contribution in [0.3, 0.4) is 0 Å². The van der Waals surface area contributed by atoms with Crippen molar-refractivity contribution in [3.8, 4) is 0 Å². The summed E-state index contributed by atoms with van der Waals surface area (Å²) in [4.78, 5) is 0. The lowest BCUT2D eigenvalue weighted by Crippen LogP contribution is -2.64. The van der Waals surface area contributed by atoms with Crippen LogP contribution in [-0.2, 0) is 43.3 Å². The summed E-state index contributed by atoms with van der Waals surface area (Å²) < 4.78 is 47.0. The van der Waals surface area contributed by atoms with E-state index in [1.54, 1.807) is 6.92 Å². The molecule has 1 aromatic rings. The molecule has 4 saturated heterocycles. The van der Waals surface area contributed by atoms with Crippen molar-refractivity contribution in [1.82, 2.24) is 0 Å². The minimum atomic E-state index is -1.84. The molecule has 5 rings (SSSR count). The molecule has 0 bridgehead atoms. The second kappa shape index (κ2) is 28.9. The van der Waals surface area contributed by atoms with Gasteiger partial charge >= 0.3 is 0 Å². The van der Waals surface area contributed by atoms with Gasteiger partial charge in [0.25, 0.3) is 0 Å². The van der Waals surface area contributed by atoms with Crippen LogP contribution in [0, 0.1) is 11.8 Å². The highest BCUT2D eigenvalue weighted by Gasteiger charge is 2.53. The molecule has 21 atom stereocenters. The number of aliphatic hydroxyl groups excluding tert-OH is 13. The molecule has 4 heterocycles. The number of ether oxygens (including phenoxy) is 8. The van der Waals surface area contributed by atoms with E-state index in [9.17, 15) is 66.4 Å². The third-order valence-electron chi connectivity index (χ3n) is 14.7. The van der Waals surface area contributed by atoms with Gasteiger partial charge in [0.05, 0.1) is 51.8 Å². The Bertz CT molecular complexity index is 1490. The Morgan fingerprint density at radius 1 is 0.471 bits per heavy atom. The van der Waals surface area contributed by atoms with E-state index in [-0.39, 0.29) is 18.6 Å². The normalized spacial score (nSPS) is 39.0. The molecule has 21 nitrogen and oxygen atoms in total. The molecular formula is C49H84O21. The lowest BCUT2D eigenvalue weighted by atomic mass is 9.68. The highest BCUT2D eigenvalue weighted by atomic mass is 16.8. The zero-order valence-corrected chi connectivity index (χ0v) is 40.8. The van der Waals surface area contributed by atoms with Crippen molar-refractivity contribution in [2.24, 2.45) is 11.8 Å². The molecule has 21 heteroatoms. The number of hydrogen-bond donors (Lipinski definition) is 13. The number of hydrogen-bond acceptors (Lipinski definition) is 21. The average molecular weight is 1010 g/mol. The molecule has 4 fully saturated rings. The highest BCUT2D eigenvalue weighted by molar-refractivity contribution is 5.25. The fourth-order valence-corrected chi connectivity index (χ4v) is 10.1. The Labute approximate surface area is 410 Å². The average Bonchev–Trinajstić information content (AvgIpc) is 3.37. The molecule has 70 heavy (non-hydrogen) atoms. The molecule has 13 N–H and O–H groups in total. The lowest BCUT2D eigenvalue weighted by Gasteiger charge is -2.46. The molecule has 0 spiro atoms. The predicted molar refractivity (Wildman–Crippen MR) is 246 cm³/mol. The third-order valence-corrected chi connectivity index (χ3v) is 14.7. The van der Waals surface area contributed by atoms with Crippen LogP contribution in [0.25, 0.3) is 0 Å². The van der Waals surface area contributed by atoms with Crippen LogP contribution < -0.4 is 0 Å². The summed E-state index contributed by atoms with van der Waals surface area (Å²) in [5.74, 6) is -1.21. The molecule has 0 aromatic heterocycles. The molecular weight excluding hydrogens is 925 g/mol. The van der Waals surface area contributed by atoms with Crippen LogP contribution in [0.5, 0.6) is 0 Å². The van der Waals surface area contributed by atoms with Gasteiger partial charge in [0.2, 0.25) is 0 Å². The number of aliphatic hydroxyl groups is 13. The summed E-state index contributed by atoms with van der Waals surface area (Å²) >= 11 is 0. The maximum Gasteiger partial charge on any atom is 0.187 e. The van der Waals surface area contributed by atoms with E-state index in [0.29, 0.717) is 12.8 Å². The first-order valence-electron chi connectivity index (χ1n) is 25.4. The summed E-state index contributed by atoms with van der Waals surface area (Å²) in [5, 5.41) is 138. The molecule has 0 aliphatic carbocycles.